The molecule has 3 rings (SSSR count). The summed E-state index contributed by atoms with van der Waals surface area (Å²) < 4.78 is 0. The van der Waals surface area contributed by atoms with Crippen molar-refractivity contribution in [2.24, 2.45) is 0 Å². The predicted octanol–water partition coefficient (Wildman–Crippen LogP) is 3.93. The van der Waals surface area contributed by atoms with Crippen LogP contribution in [0, 0.1) is 0 Å². The first-order chi connectivity index (χ1) is 11.2. The number of hydrogen-bond acceptors (Lipinski definition) is 2. The van der Waals surface area contributed by atoms with Crippen LogP contribution in [0.3, 0.4) is 0 Å². The van der Waals surface area contributed by atoms with Gasteiger partial charge in [0.1, 0.15) is 0 Å². The van der Waals surface area contributed by atoms with Crippen LogP contribution in [-0.2, 0) is 0 Å². The van der Waals surface area contributed by atoms with Crippen molar-refractivity contribution < 1.29 is 9.59 Å². The summed E-state index contributed by atoms with van der Waals surface area (Å²) in [6, 6.07) is 16.5. The first-order valence-electron chi connectivity index (χ1n) is 8.14. The molecule has 0 bridgehead atoms. The van der Waals surface area contributed by atoms with E-state index in [1.54, 1.807) is 24.3 Å². The van der Waals surface area contributed by atoms with E-state index < -0.39 is 0 Å². The Morgan fingerprint density at radius 1 is 0.870 bits per heavy atom. The summed E-state index contributed by atoms with van der Waals surface area (Å²) in [4.78, 5) is 27.4. The number of carbonyl (C=O) groups excluding carboxylic acids is 2. The zero-order valence-electron chi connectivity index (χ0n) is 13.4. The van der Waals surface area contributed by atoms with Crippen LogP contribution in [0.25, 0.3) is 0 Å². The number of benzene rings is 2. The Hall–Kier alpha value is -2.42. The molecule has 0 spiro atoms. The summed E-state index contributed by atoms with van der Waals surface area (Å²) in [5, 5.41) is 0. The minimum atomic E-state index is -0.102. The smallest absolute Gasteiger partial charge is 0.254 e. The summed E-state index contributed by atoms with van der Waals surface area (Å²) in [5.74, 6) is -0.161. The summed E-state index contributed by atoms with van der Waals surface area (Å²) in [7, 11) is 1.85. The van der Waals surface area contributed by atoms with Gasteiger partial charge in [0.2, 0.25) is 0 Å². The normalized spacial score (nSPS) is 14.7. The van der Waals surface area contributed by atoms with Gasteiger partial charge in [-0.05, 0) is 18.9 Å². The van der Waals surface area contributed by atoms with E-state index in [2.05, 4.69) is 0 Å². The molecule has 1 saturated carbocycles. The van der Waals surface area contributed by atoms with E-state index in [0.29, 0.717) is 22.7 Å². The van der Waals surface area contributed by atoms with Crippen LogP contribution in [0.2, 0.25) is 0 Å². The average Bonchev–Trinajstić information content (AvgIpc) is 3.15. The van der Waals surface area contributed by atoms with Crippen molar-refractivity contribution in [2.45, 2.75) is 31.7 Å². The van der Waals surface area contributed by atoms with Gasteiger partial charge in [-0.1, -0.05) is 61.4 Å². The van der Waals surface area contributed by atoms with Gasteiger partial charge < -0.3 is 4.90 Å². The maximum absolute atomic E-state index is 12.9. The third-order valence-electron chi connectivity index (χ3n) is 4.63. The standard InChI is InChI=1S/C20H21NO2/c1-21(16-11-5-6-12-16)20(23)18-14-8-7-13-17(18)19(22)15-9-3-2-4-10-15/h2-4,7-10,13-14,16H,5-6,11-12H2,1H3. The Morgan fingerprint density at radius 2 is 1.43 bits per heavy atom. The SMILES string of the molecule is CN(C(=O)c1ccccc1C(=O)c1ccccc1)C1CCCC1. The van der Waals surface area contributed by atoms with E-state index in [1.165, 1.54) is 12.8 Å². The van der Waals surface area contributed by atoms with Crippen LogP contribution in [0.1, 0.15) is 52.0 Å². The third kappa shape index (κ3) is 3.19. The van der Waals surface area contributed by atoms with E-state index in [-0.39, 0.29) is 11.7 Å². The fourth-order valence-electron chi connectivity index (χ4n) is 3.26. The third-order valence-corrected chi connectivity index (χ3v) is 4.63. The lowest BCUT2D eigenvalue weighted by Gasteiger charge is -2.25. The van der Waals surface area contributed by atoms with E-state index in [0.717, 1.165) is 12.8 Å². The molecular formula is C20H21NO2. The van der Waals surface area contributed by atoms with Crippen molar-refractivity contribution in [3.05, 3.63) is 71.3 Å². The molecule has 1 aliphatic carbocycles. The molecule has 2 aromatic carbocycles. The molecule has 2 aromatic rings. The van der Waals surface area contributed by atoms with Gasteiger partial charge >= 0.3 is 0 Å². The number of rotatable bonds is 4. The fourth-order valence-corrected chi connectivity index (χ4v) is 3.26. The number of amides is 1. The molecule has 0 N–H and O–H groups in total. The molecule has 118 valence electrons. The average molecular weight is 307 g/mol. The van der Waals surface area contributed by atoms with Crippen molar-refractivity contribution in [3.8, 4) is 0 Å². The molecule has 3 heteroatoms. The summed E-state index contributed by atoms with van der Waals surface area (Å²) in [6.07, 6.45) is 4.45. The minimum absolute atomic E-state index is 0.0585. The first kappa shape index (κ1) is 15.5. The fraction of sp³-hybridized carbons (Fsp3) is 0.300. The molecule has 1 amide bonds. The summed E-state index contributed by atoms with van der Waals surface area (Å²) in [5.41, 5.74) is 1.58. The largest absolute Gasteiger partial charge is 0.339 e. The molecular weight excluding hydrogens is 286 g/mol. The molecule has 0 unspecified atom stereocenters. The highest BCUT2D eigenvalue weighted by atomic mass is 16.2. The van der Waals surface area contributed by atoms with Crippen molar-refractivity contribution in [3.63, 3.8) is 0 Å². The van der Waals surface area contributed by atoms with Gasteiger partial charge in [0.05, 0.1) is 5.56 Å². The quantitative estimate of drug-likeness (QED) is 0.803. The second kappa shape index (κ2) is 6.78. The molecule has 0 atom stereocenters. The Balaban J connectivity index is 1.91. The molecule has 3 nitrogen and oxygen atoms in total. The van der Waals surface area contributed by atoms with Crippen LogP contribution in [0.15, 0.2) is 54.6 Å². The van der Waals surface area contributed by atoms with E-state index in [9.17, 15) is 9.59 Å². The maximum Gasteiger partial charge on any atom is 0.254 e. The Kier molecular flexibility index (Phi) is 4.56. The van der Waals surface area contributed by atoms with E-state index in [1.807, 2.05) is 42.3 Å². The molecule has 0 heterocycles. The molecule has 0 aliphatic heterocycles. The van der Waals surface area contributed by atoms with Gasteiger partial charge in [0, 0.05) is 24.2 Å². The monoisotopic (exact) mass is 307 g/mol. The van der Waals surface area contributed by atoms with E-state index in [4.69, 9.17) is 0 Å². The lowest BCUT2D eigenvalue weighted by molar-refractivity contribution is 0.0731. The summed E-state index contributed by atoms with van der Waals surface area (Å²) >= 11 is 0. The van der Waals surface area contributed by atoms with Gasteiger partial charge in [0.25, 0.3) is 5.91 Å². The first-order valence-corrected chi connectivity index (χ1v) is 8.14. The Morgan fingerprint density at radius 3 is 2.09 bits per heavy atom. The molecule has 1 fully saturated rings. The van der Waals surface area contributed by atoms with Gasteiger partial charge in [0.15, 0.2) is 5.78 Å². The van der Waals surface area contributed by atoms with Gasteiger partial charge in [-0.2, -0.15) is 0 Å². The van der Waals surface area contributed by atoms with Crippen molar-refractivity contribution >= 4 is 11.7 Å². The van der Waals surface area contributed by atoms with Crippen LogP contribution in [0.5, 0.6) is 0 Å². The highest BCUT2D eigenvalue weighted by molar-refractivity contribution is 6.15. The molecule has 0 aromatic heterocycles. The molecule has 0 saturated heterocycles. The van der Waals surface area contributed by atoms with Gasteiger partial charge in [-0.25, -0.2) is 0 Å². The Labute approximate surface area is 136 Å². The molecule has 0 radical (unpaired) electrons. The lowest BCUT2D eigenvalue weighted by Crippen LogP contribution is -2.36. The molecule has 1 aliphatic rings. The van der Waals surface area contributed by atoms with Gasteiger partial charge in [-0.15, -0.1) is 0 Å². The van der Waals surface area contributed by atoms with Crippen molar-refractivity contribution in [2.75, 3.05) is 7.05 Å². The second-order valence-corrected chi connectivity index (χ2v) is 6.10. The number of carbonyl (C=O) groups is 2. The topological polar surface area (TPSA) is 37.4 Å². The maximum atomic E-state index is 12.9. The van der Waals surface area contributed by atoms with Crippen molar-refractivity contribution in [1.29, 1.82) is 0 Å². The lowest BCUT2D eigenvalue weighted by atomic mass is 9.97. The van der Waals surface area contributed by atoms with E-state index >= 15 is 0 Å². The minimum Gasteiger partial charge on any atom is -0.339 e. The number of nitrogens with zero attached hydrogens (tertiary/aromatic N) is 1. The summed E-state index contributed by atoms with van der Waals surface area (Å²) in [6.45, 7) is 0. The predicted molar refractivity (Wildman–Crippen MR) is 90.7 cm³/mol. The molecule has 23 heavy (non-hydrogen) atoms. The highest BCUT2D eigenvalue weighted by Gasteiger charge is 2.26. The van der Waals surface area contributed by atoms with Crippen LogP contribution >= 0.6 is 0 Å². The second-order valence-electron chi connectivity index (χ2n) is 6.10. The number of hydrogen-bond donors (Lipinski definition) is 0. The Bertz CT molecular complexity index is 703. The zero-order valence-corrected chi connectivity index (χ0v) is 13.4. The van der Waals surface area contributed by atoms with Crippen LogP contribution < -0.4 is 0 Å². The van der Waals surface area contributed by atoms with Crippen LogP contribution in [-0.4, -0.2) is 29.7 Å². The number of ketones is 1. The van der Waals surface area contributed by atoms with Crippen molar-refractivity contribution in [1.82, 2.24) is 4.90 Å². The van der Waals surface area contributed by atoms with Crippen LogP contribution in [0.4, 0.5) is 0 Å². The zero-order chi connectivity index (χ0) is 16.2. The van der Waals surface area contributed by atoms with Gasteiger partial charge in [-0.3, -0.25) is 9.59 Å². The highest BCUT2D eigenvalue weighted by Crippen LogP contribution is 2.25.